The lowest BCUT2D eigenvalue weighted by Gasteiger charge is -2.12. The highest BCUT2D eigenvalue weighted by Crippen LogP contribution is 2.30. The van der Waals surface area contributed by atoms with E-state index in [4.69, 9.17) is 0 Å². The Labute approximate surface area is 134 Å². The molecular formula is C13H7F8N3O. The molecule has 0 spiro atoms. The summed E-state index contributed by atoms with van der Waals surface area (Å²) in [6.07, 6.45) is -4.87. The summed E-state index contributed by atoms with van der Waals surface area (Å²) in [4.78, 5) is 11.7. The maximum absolute atomic E-state index is 13.4. The number of nitrogens with one attached hydrogen (secondary N) is 1. The Hall–Kier alpha value is -2.66. The van der Waals surface area contributed by atoms with Crippen molar-refractivity contribution in [2.24, 2.45) is 0 Å². The summed E-state index contributed by atoms with van der Waals surface area (Å²) in [6.45, 7) is 0.0376. The molecule has 1 heterocycles. The van der Waals surface area contributed by atoms with Gasteiger partial charge in [-0.3, -0.25) is 9.48 Å². The van der Waals surface area contributed by atoms with Gasteiger partial charge in [0.05, 0.1) is 5.69 Å². The molecule has 0 fully saturated rings. The number of amides is 1. The summed E-state index contributed by atoms with van der Waals surface area (Å²) < 4.78 is 104. The van der Waals surface area contributed by atoms with E-state index in [-0.39, 0.29) is 10.4 Å². The highest BCUT2D eigenvalue weighted by molar-refractivity contribution is 5.90. The lowest BCUT2D eigenvalue weighted by atomic mass is 10.2. The van der Waals surface area contributed by atoms with Crippen LogP contribution in [-0.4, -0.2) is 15.7 Å². The molecule has 12 heteroatoms. The third-order valence-electron chi connectivity index (χ3n) is 2.96. The average Bonchev–Trinajstić information content (AvgIpc) is 2.88. The molecule has 0 aliphatic carbocycles. The van der Waals surface area contributed by atoms with Crippen LogP contribution in [0.4, 0.5) is 40.8 Å². The van der Waals surface area contributed by atoms with Gasteiger partial charge in [-0.05, 0) is 13.0 Å². The molecule has 0 unspecified atom stereocenters. The van der Waals surface area contributed by atoms with Crippen LogP contribution in [0, 0.1) is 36.0 Å². The standard InChI is InChI=1S/C13H7F8N3O/c1-4-2-5(13(19,20)21)24(23-4)3-6(25)22-12-10(17)8(15)7(14)9(16)11(12)18/h2H,3H2,1H3,(H,22,25). The van der Waals surface area contributed by atoms with Crippen molar-refractivity contribution in [1.82, 2.24) is 9.78 Å². The van der Waals surface area contributed by atoms with Crippen LogP contribution in [-0.2, 0) is 17.5 Å². The van der Waals surface area contributed by atoms with Gasteiger partial charge in [-0.1, -0.05) is 0 Å². The SMILES string of the molecule is Cc1cc(C(F)(F)F)n(CC(=O)Nc2c(F)c(F)c(F)c(F)c2F)n1. The second-order valence-corrected chi connectivity index (χ2v) is 4.82. The van der Waals surface area contributed by atoms with E-state index in [1.807, 2.05) is 0 Å². The minimum absolute atomic E-state index is 0.101. The number of halogens is 8. The van der Waals surface area contributed by atoms with E-state index in [0.717, 1.165) is 0 Å². The first kappa shape index (κ1) is 18.7. The first-order valence-corrected chi connectivity index (χ1v) is 6.36. The molecule has 136 valence electrons. The Bertz CT molecular complexity index is 814. The smallest absolute Gasteiger partial charge is 0.319 e. The number of carbonyl (C=O) groups is 1. The van der Waals surface area contributed by atoms with E-state index < -0.39 is 59.1 Å². The molecule has 1 aromatic carbocycles. The van der Waals surface area contributed by atoms with Gasteiger partial charge in [0.15, 0.2) is 23.3 Å². The number of anilines is 1. The third kappa shape index (κ3) is 3.56. The summed E-state index contributed by atoms with van der Waals surface area (Å²) in [6, 6.07) is 0.617. The molecule has 0 bridgehead atoms. The molecule has 2 aromatic rings. The van der Waals surface area contributed by atoms with Crippen LogP contribution in [0.15, 0.2) is 6.07 Å². The fraction of sp³-hybridized carbons (Fsp3) is 0.231. The maximum atomic E-state index is 13.4. The van der Waals surface area contributed by atoms with E-state index in [1.165, 1.54) is 12.2 Å². The van der Waals surface area contributed by atoms with Gasteiger partial charge in [0.2, 0.25) is 11.7 Å². The molecule has 0 aliphatic rings. The molecule has 1 N–H and O–H groups in total. The number of rotatable bonds is 3. The molecule has 0 radical (unpaired) electrons. The zero-order valence-corrected chi connectivity index (χ0v) is 12.1. The zero-order chi connectivity index (χ0) is 19.1. The number of alkyl halides is 3. The monoisotopic (exact) mass is 373 g/mol. The Morgan fingerprint density at radius 3 is 2.00 bits per heavy atom. The van der Waals surface area contributed by atoms with Crippen molar-refractivity contribution >= 4 is 11.6 Å². The van der Waals surface area contributed by atoms with Crippen LogP contribution in [0.25, 0.3) is 0 Å². The molecule has 1 amide bonds. The predicted octanol–water partition coefficient (Wildman–Crippen LogP) is 3.54. The third-order valence-corrected chi connectivity index (χ3v) is 2.96. The summed E-state index contributed by atoms with van der Waals surface area (Å²) >= 11 is 0. The summed E-state index contributed by atoms with van der Waals surface area (Å²) in [5, 5.41) is 4.75. The van der Waals surface area contributed by atoms with Gasteiger partial charge in [-0.25, -0.2) is 22.0 Å². The van der Waals surface area contributed by atoms with Gasteiger partial charge >= 0.3 is 6.18 Å². The fourth-order valence-electron chi connectivity index (χ4n) is 1.92. The van der Waals surface area contributed by atoms with E-state index in [9.17, 15) is 39.9 Å². The van der Waals surface area contributed by atoms with E-state index in [2.05, 4.69) is 5.10 Å². The Kier molecular flexibility index (Phi) is 4.73. The minimum Gasteiger partial charge on any atom is -0.319 e. The largest absolute Gasteiger partial charge is 0.433 e. The molecule has 1 aromatic heterocycles. The molecule has 0 atom stereocenters. The van der Waals surface area contributed by atoms with Crippen molar-refractivity contribution in [3.05, 3.63) is 46.5 Å². The molecule has 0 saturated heterocycles. The normalized spacial score (nSPS) is 11.7. The van der Waals surface area contributed by atoms with Crippen molar-refractivity contribution in [3.63, 3.8) is 0 Å². The molecule has 0 aliphatic heterocycles. The number of carbonyl (C=O) groups excluding carboxylic acids is 1. The molecular weight excluding hydrogens is 366 g/mol. The summed E-state index contributed by atoms with van der Waals surface area (Å²) in [7, 11) is 0. The van der Waals surface area contributed by atoms with Gasteiger partial charge in [0.1, 0.15) is 17.9 Å². The maximum Gasteiger partial charge on any atom is 0.433 e. The molecule has 4 nitrogen and oxygen atoms in total. The van der Waals surface area contributed by atoms with Crippen LogP contribution in [0.5, 0.6) is 0 Å². The molecule has 2 rings (SSSR count). The van der Waals surface area contributed by atoms with Crippen molar-refractivity contribution in [2.75, 3.05) is 5.32 Å². The van der Waals surface area contributed by atoms with Crippen molar-refractivity contribution in [2.45, 2.75) is 19.6 Å². The second-order valence-electron chi connectivity index (χ2n) is 4.82. The van der Waals surface area contributed by atoms with E-state index >= 15 is 0 Å². The van der Waals surface area contributed by atoms with Crippen LogP contribution in [0.3, 0.4) is 0 Å². The van der Waals surface area contributed by atoms with Crippen molar-refractivity contribution < 1.29 is 39.9 Å². The zero-order valence-electron chi connectivity index (χ0n) is 12.1. The Balaban J connectivity index is 2.32. The average molecular weight is 373 g/mol. The predicted molar refractivity (Wildman–Crippen MR) is 66.8 cm³/mol. The summed E-state index contributed by atoms with van der Waals surface area (Å²) in [5.41, 5.74) is -3.09. The van der Waals surface area contributed by atoms with Gasteiger partial charge in [-0.15, -0.1) is 0 Å². The number of aromatic nitrogens is 2. The Morgan fingerprint density at radius 2 is 1.52 bits per heavy atom. The number of nitrogens with zero attached hydrogens (tertiary/aromatic N) is 2. The highest BCUT2D eigenvalue weighted by Gasteiger charge is 2.36. The topological polar surface area (TPSA) is 46.9 Å². The van der Waals surface area contributed by atoms with Gasteiger partial charge in [-0.2, -0.15) is 18.3 Å². The van der Waals surface area contributed by atoms with Crippen molar-refractivity contribution in [1.29, 1.82) is 0 Å². The first-order valence-electron chi connectivity index (χ1n) is 6.36. The van der Waals surface area contributed by atoms with Crippen LogP contribution < -0.4 is 5.32 Å². The Morgan fingerprint density at radius 1 is 1.04 bits per heavy atom. The highest BCUT2D eigenvalue weighted by atomic mass is 19.4. The number of benzene rings is 1. The minimum atomic E-state index is -4.87. The quantitative estimate of drug-likeness (QED) is 0.508. The van der Waals surface area contributed by atoms with Gasteiger partial charge < -0.3 is 5.32 Å². The molecule has 0 saturated carbocycles. The van der Waals surface area contributed by atoms with Gasteiger partial charge in [0.25, 0.3) is 0 Å². The lowest BCUT2D eigenvalue weighted by Crippen LogP contribution is -2.25. The number of hydrogen-bond donors (Lipinski definition) is 1. The number of aryl methyl sites for hydroxylation is 1. The first-order chi connectivity index (χ1) is 11.4. The van der Waals surface area contributed by atoms with Gasteiger partial charge in [0, 0.05) is 0 Å². The second kappa shape index (κ2) is 6.33. The fourth-order valence-corrected chi connectivity index (χ4v) is 1.92. The van der Waals surface area contributed by atoms with E-state index in [1.54, 1.807) is 0 Å². The van der Waals surface area contributed by atoms with Crippen LogP contribution >= 0.6 is 0 Å². The van der Waals surface area contributed by atoms with Crippen LogP contribution in [0.2, 0.25) is 0 Å². The molecule has 25 heavy (non-hydrogen) atoms. The summed E-state index contributed by atoms with van der Waals surface area (Å²) in [5.74, 6) is -13.2. The number of hydrogen-bond acceptors (Lipinski definition) is 2. The van der Waals surface area contributed by atoms with Crippen LogP contribution in [0.1, 0.15) is 11.4 Å². The lowest BCUT2D eigenvalue weighted by molar-refractivity contribution is -0.144. The van der Waals surface area contributed by atoms with Crippen molar-refractivity contribution in [3.8, 4) is 0 Å². The van der Waals surface area contributed by atoms with E-state index in [0.29, 0.717) is 6.07 Å².